The Morgan fingerprint density at radius 2 is 1.58 bits per heavy atom. The minimum Gasteiger partial charge on any atom is -0.405 e. The molecule has 1 rings (SSSR count). The second-order valence-corrected chi connectivity index (χ2v) is 13.2. The predicted molar refractivity (Wildman–Crippen MR) is 95.3 cm³/mol. The van der Waals surface area contributed by atoms with Gasteiger partial charge in [0.1, 0.15) is 11.4 Å². The van der Waals surface area contributed by atoms with E-state index in [1.165, 1.54) is 26.0 Å². The highest BCUT2D eigenvalue weighted by molar-refractivity contribution is 6.74. The van der Waals surface area contributed by atoms with E-state index in [0.717, 1.165) is 6.07 Å². The van der Waals surface area contributed by atoms with Crippen LogP contribution in [0.5, 0.6) is 0 Å². The first-order chi connectivity index (χ1) is 10.5. The van der Waals surface area contributed by atoms with Crippen LogP contribution in [0.3, 0.4) is 0 Å². The summed E-state index contributed by atoms with van der Waals surface area (Å²) in [6, 6.07) is 3.29. The summed E-state index contributed by atoms with van der Waals surface area (Å²) in [7, 11) is -2.46. The van der Waals surface area contributed by atoms with Crippen LogP contribution in [0.4, 0.5) is 13.2 Å². The smallest absolute Gasteiger partial charge is 0.302 e. The molecule has 0 saturated carbocycles. The fourth-order valence-electron chi connectivity index (χ4n) is 2.32. The zero-order valence-electron chi connectivity index (χ0n) is 15.9. The number of benzene rings is 1. The zero-order valence-corrected chi connectivity index (χ0v) is 16.9. The summed E-state index contributed by atoms with van der Waals surface area (Å²) in [6.07, 6.45) is 0. The first-order valence-electron chi connectivity index (χ1n) is 8.17. The van der Waals surface area contributed by atoms with Crippen LogP contribution in [0.2, 0.25) is 18.1 Å². The van der Waals surface area contributed by atoms with Crippen LogP contribution in [0, 0.1) is 5.82 Å². The third-order valence-electron chi connectivity index (χ3n) is 4.93. The number of hydrogen-bond donors (Lipinski definition) is 1. The van der Waals surface area contributed by atoms with Gasteiger partial charge in [0.25, 0.3) is 0 Å². The van der Waals surface area contributed by atoms with Gasteiger partial charge in [-0.25, -0.2) is 4.39 Å². The van der Waals surface area contributed by atoms with Crippen molar-refractivity contribution in [3.05, 3.63) is 35.1 Å². The first-order valence-corrected chi connectivity index (χ1v) is 11.1. The molecule has 0 bridgehead atoms. The van der Waals surface area contributed by atoms with Crippen LogP contribution >= 0.6 is 0 Å². The molecule has 24 heavy (non-hydrogen) atoms. The molecule has 0 aliphatic rings. The van der Waals surface area contributed by atoms with Crippen molar-refractivity contribution in [2.75, 3.05) is 0 Å². The quantitative estimate of drug-likeness (QED) is 0.679. The van der Waals surface area contributed by atoms with Crippen LogP contribution in [0.25, 0.3) is 0 Å². The SMILES string of the molecule is CC(N)c1cccc(C(F)(F)C(C)(C)O[Si](C)(C)C(C)(C)C)c1F. The van der Waals surface area contributed by atoms with E-state index in [1.54, 1.807) is 6.92 Å². The number of nitrogens with two attached hydrogens (primary N) is 1. The van der Waals surface area contributed by atoms with Crippen molar-refractivity contribution in [1.29, 1.82) is 0 Å². The molecule has 0 aromatic heterocycles. The van der Waals surface area contributed by atoms with Gasteiger partial charge in [-0.2, -0.15) is 8.78 Å². The molecular weight excluding hydrogens is 331 g/mol. The average Bonchev–Trinajstić information content (AvgIpc) is 2.35. The fourth-order valence-corrected chi connectivity index (χ4v) is 4.03. The lowest BCUT2D eigenvalue weighted by Gasteiger charge is -2.45. The maximum atomic E-state index is 15.2. The first kappa shape index (κ1) is 21.2. The van der Waals surface area contributed by atoms with E-state index in [9.17, 15) is 4.39 Å². The van der Waals surface area contributed by atoms with E-state index < -0.39 is 37.3 Å². The van der Waals surface area contributed by atoms with Crippen LogP contribution in [-0.4, -0.2) is 13.9 Å². The zero-order chi connectivity index (χ0) is 19.1. The summed E-state index contributed by atoms with van der Waals surface area (Å²) in [5.41, 5.74) is 3.26. The van der Waals surface area contributed by atoms with Crippen molar-refractivity contribution < 1.29 is 17.6 Å². The minimum atomic E-state index is -3.49. The van der Waals surface area contributed by atoms with Crippen LogP contribution < -0.4 is 5.73 Å². The van der Waals surface area contributed by atoms with Gasteiger partial charge in [-0.1, -0.05) is 32.9 Å². The summed E-state index contributed by atoms with van der Waals surface area (Å²) in [5, 5.41) is -0.230. The second kappa shape index (κ2) is 6.46. The highest BCUT2D eigenvalue weighted by Crippen LogP contribution is 2.47. The molecule has 0 heterocycles. The summed E-state index contributed by atoms with van der Waals surface area (Å²) < 4.78 is 50.9. The lowest BCUT2D eigenvalue weighted by Crippen LogP contribution is -2.54. The lowest BCUT2D eigenvalue weighted by molar-refractivity contribution is -0.162. The van der Waals surface area contributed by atoms with Gasteiger partial charge in [-0.15, -0.1) is 0 Å². The Morgan fingerprint density at radius 1 is 1.08 bits per heavy atom. The van der Waals surface area contributed by atoms with Gasteiger partial charge in [-0.3, -0.25) is 0 Å². The molecule has 0 aliphatic heterocycles. The van der Waals surface area contributed by atoms with Gasteiger partial charge in [0.2, 0.25) is 0 Å². The Morgan fingerprint density at radius 3 is 2.00 bits per heavy atom. The second-order valence-electron chi connectivity index (χ2n) is 8.44. The summed E-state index contributed by atoms with van der Waals surface area (Å²) in [5.74, 6) is -4.44. The molecule has 2 nitrogen and oxygen atoms in total. The molecule has 0 amide bonds. The molecule has 138 valence electrons. The number of rotatable bonds is 5. The molecule has 0 saturated heterocycles. The van der Waals surface area contributed by atoms with Crippen molar-refractivity contribution in [1.82, 2.24) is 0 Å². The van der Waals surface area contributed by atoms with E-state index in [4.69, 9.17) is 10.2 Å². The topological polar surface area (TPSA) is 35.2 Å². The molecule has 1 aromatic carbocycles. The van der Waals surface area contributed by atoms with E-state index in [0.29, 0.717) is 0 Å². The minimum absolute atomic E-state index is 0.0790. The largest absolute Gasteiger partial charge is 0.405 e. The third-order valence-corrected chi connectivity index (χ3v) is 9.56. The fraction of sp³-hybridized carbons (Fsp3) is 0.667. The van der Waals surface area contributed by atoms with Crippen LogP contribution in [0.1, 0.15) is 58.7 Å². The number of alkyl halides is 2. The van der Waals surface area contributed by atoms with Crippen LogP contribution in [-0.2, 0) is 10.3 Å². The van der Waals surface area contributed by atoms with Crippen molar-refractivity contribution in [3.63, 3.8) is 0 Å². The van der Waals surface area contributed by atoms with Crippen molar-refractivity contribution in [2.45, 2.75) is 77.2 Å². The van der Waals surface area contributed by atoms with Crippen LogP contribution in [0.15, 0.2) is 18.2 Å². The molecule has 1 unspecified atom stereocenters. The van der Waals surface area contributed by atoms with Crippen molar-refractivity contribution >= 4 is 8.32 Å². The Balaban J connectivity index is 3.35. The normalized spacial score (nSPS) is 15.5. The van der Waals surface area contributed by atoms with Gasteiger partial charge in [0, 0.05) is 11.6 Å². The number of hydrogen-bond acceptors (Lipinski definition) is 2. The maximum Gasteiger partial charge on any atom is 0.302 e. The van der Waals surface area contributed by atoms with Crippen molar-refractivity contribution in [3.8, 4) is 0 Å². The van der Waals surface area contributed by atoms with E-state index in [1.807, 2.05) is 33.9 Å². The predicted octanol–water partition coefficient (Wildman–Crippen LogP) is 5.74. The molecule has 1 aromatic rings. The summed E-state index contributed by atoms with van der Waals surface area (Å²) >= 11 is 0. The van der Waals surface area contributed by atoms with Crippen molar-refractivity contribution in [2.24, 2.45) is 5.73 Å². The standard InChI is InChI=1S/C18H30F3NOSi/c1-12(22)13-10-9-11-14(15(13)19)18(20,21)17(5,6)23-24(7,8)16(2,3)4/h9-12H,22H2,1-8H3. The lowest BCUT2D eigenvalue weighted by atomic mass is 9.91. The number of halogens is 3. The Kier molecular flexibility index (Phi) is 5.71. The van der Waals surface area contributed by atoms with Gasteiger partial charge in [0.05, 0.1) is 5.56 Å². The molecule has 0 radical (unpaired) electrons. The van der Waals surface area contributed by atoms with E-state index in [-0.39, 0.29) is 10.6 Å². The summed E-state index contributed by atoms with van der Waals surface area (Å²) in [4.78, 5) is 0. The molecule has 0 aliphatic carbocycles. The molecule has 0 spiro atoms. The maximum absolute atomic E-state index is 15.2. The van der Waals surface area contributed by atoms with Gasteiger partial charge in [-0.05, 0) is 45.0 Å². The Bertz CT molecular complexity index is 592. The van der Waals surface area contributed by atoms with E-state index in [2.05, 4.69) is 0 Å². The monoisotopic (exact) mass is 361 g/mol. The molecular formula is C18H30F3NOSi. The molecule has 1 atom stereocenters. The van der Waals surface area contributed by atoms with Gasteiger partial charge in [0.15, 0.2) is 8.32 Å². The highest BCUT2D eigenvalue weighted by atomic mass is 28.4. The molecule has 0 fully saturated rings. The highest BCUT2D eigenvalue weighted by Gasteiger charge is 2.55. The Labute approximate surface area is 144 Å². The average molecular weight is 362 g/mol. The summed E-state index contributed by atoms with van der Waals surface area (Å²) in [6.45, 7) is 14.0. The molecule has 2 N–H and O–H groups in total. The van der Waals surface area contributed by atoms with Gasteiger partial charge < -0.3 is 10.2 Å². The third kappa shape index (κ3) is 3.86. The van der Waals surface area contributed by atoms with Gasteiger partial charge >= 0.3 is 5.92 Å². The Hall–Kier alpha value is -0.853. The molecule has 6 heteroatoms. The van der Waals surface area contributed by atoms with E-state index >= 15 is 8.78 Å².